The van der Waals surface area contributed by atoms with Gasteiger partial charge in [0.25, 0.3) is 0 Å². The monoisotopic (exact) mass is 370 g/mol. The van der Waals surface area contributed by atoms with Gasteiger partial charge < -0.3 is 15.4 Å². The first kappa shape index (κ1) is 17.5. The Balaban J connectivity index is 1.65. The van der Waals surface area contributed by atoms with Gasteiger partial charge in [-0.15, -0.1) is 0 Å². The molecule has 0 aliphatic carbocycles. The van der Waals surface area contributed by atoms with Crippen molar-refractivity contribution in [1.82, 2.24) is 0 Å². The third-order valence-electron chi connectivity index (χ3n) is 4.66. The Morgan fingerprint density at radius 2 is 2.00 bits per heavy atom. The van der Waals surface area contributed by atoms with E-state index in [0.717, 1.165) is 30.5 Å². The molecule has 5 nitrogen and oxygen atoms in total. The van der Waals surface area contributed by atoms with E-state index in [0.29, 0.717) is 35.9 Å². The maximum atomic E-state index is 12.7. The number of benzene rings is 1. The van der Waals surface area contributed by atoms with E-state index in [-0.39, 0.29) is 12.0 Å². The van der Waals surface area contributed by atoms with Gasteiger partial charge in [-0.05, 0) is 49.8 Å². The molecular weight excluding hydrogens is 351 g/mol. The van der Waals surface area contributed by atoms with Crippen LogP contribution < -0.4 is 10.6 Å². The van der Waals surface area contributed by atoms with E-state index in [9.17, 15) is 9.59 Å². The van der Waals surface area contributed by atoms with E-state index in [2.05, 4.69) is 0 Å². The van der Waals surface area contributed by atoms with Crippen LogP contribution in [0.1, 0.15) is 37.7 Å². The Hall–Kier alpha value is -1.30. The Morgan fingerprint density at radius 3 is 2.71 bits per heavy atom. The fourth-order valence-electron chi connectivity index (χ4n) is 3.43. The van der Waals surface area contributed by atoms with Crippen molar-refractivity contribution >= 4 is 40.7 Å². The van der Waals surface area contributed by atoms with Crippen molar-refractivity contribution in [3.63, 3.8) is 0 Å². The number of nitrogens with two attached hydrogens (primary N) is 1. The predicted molar refractivity (Wildman–Crippen MR) is 93.5 cm³/mol. The largest absolute Gasteiger partial charge is 0.367 e. The van der Waals surface area contributed by atoms with Gasteiger partial charge in [0.05, 0.1) is 16.8 Å². The molecule has 2 amide bonds. The second-order valence-corrected chi connectivity index (χ2v) is 7.08. The summed E-state index contributed by atoms with van der Waals surface area (Å²) in [4.78, 5) is 25.5. The number of carbonyl (C=O) groups excluding carboxylic acids is 2. The molecule has 130 valence electrons. The molecule has 0 unspecified atom stereocenters. The fourth-order valence-corrected chi connectivity index (χ4v) is 3.96. The topological polar surface area (TPSA) is 72.6 Å². The second kappa shape index (κ2) is 7.30. The van der Waals surface area contributed by atoms with Crippen LogP contribution in [0.4, 0.5) is 5.69 Å². The minimum absolute atomic E-state index is 0.00578. The Morgan fingerprint density at radius 1 is 1.25 bits per heavy atom. The Labute approximate surface area is 151 Å². The molecule has 2 N–H and O–H groups in total. The van der Waals surface area contributed by atoms with Crippen molar-refractivity contribution in [2.45, 2.75) is 50.7 Å². The molecule has 2 aliphatic rings. The molecule has 1 aromatic rings. The van der Waals surface area contributed by atoms with Gasteiger partial charge in [0.2, 0.25) is 11.8 Å². The SMILES string of the molecule is NC(=O)[C@@H]1CC[C@H](CCC(=O)N2CCCc3c(Cl)ccc(Cl)c32)O1. The molecule has 3 rings (SSSR count). The average Bonchev–Trinajstić information content (AvgIpc) is 3.05. The van der Waals surface area contributed by atoms with Crippen molar-refractivity contribution in [2.75, 3.05) is 11.4 Å². The van der Waals surface area contributed by atoms with Crippen LogP contribution in [0.5, 0.6) is 0 Å². The predicted octanol–water partition coefficient (Wildman–Crippen LogP) is 3.09. The van der Waals surface area contributed by atoms with E-state index in [1.165, 1.54) is 0 Å². The van der Waals surface area contributed by atoms with Crippen LogP contribution >= 0.6 is 23.2 Å². The summed E-state index contributed by atoms with van der Waals surface area (Å²) in [7, 11) is 0. The number of hydrogen-bond acceptors (Lipinski definition) is 3. The van der Waals surface area contributed by atoms with Crippen LogP contribution in [0, 0.1) is 0 Å². The van der Waals surface area contributed by atoms with Crippen molar-refractivity contribution in [3.8, 4) is 0 Å². The van der Waals surface area contributed by atoms with Crippen LogP contribution in [0.3, 0.4) is 0 Å². The van der Waals surface area contributed by atoms with Gasteiger partial charge in [-0.25, -0.2) is 0 Å². The van der Waals surface area contributed by atoms with E-state index >= 15 is 0 Å². The Kier molecular flexibility index (Phi) is 5.33. The van der Waals surface area contributed by atoms with Gasteiger partial charge in [-0.3, -0.25) is 9.59 Å². The summed E-state index contributed by atoms with van der Waals surface area (Å²) >= 11 is 12.6. The summed E-state index contributed by atoms with van der Waals surface area (Å²) in [5, 5.41) is 1.20. The molecule has 2 aliphatic heterocycles. The number of nitrogens with zero attached hydrogens (tertiary/aromatic N) is 1. The van der Waals surface area contributed by atoms with Gasteiger partial charge in [0, 0.05) is 18.0 Å². The number of rotatable bonds is 4. The highest BCUT2D eigenvalue weighted by atomic mass is 35.5. The number of hydrogen-bond donors (Lipinski definition) is 1. The number of primary amides is 1. The zero-order valence-electron chi connectivity index (χ0n) is 13.3. The normalized spacial score (nSPS) is 23.2. The molecule has 0 spiro atoms. The number of halogens is 2. The molecule has 1 aromatic carbocycles. The molecule has 2 heterocycles. The number of carbonyl (C=O) groups is 2. The van der Waals surface area contributed by atoms with Crippen molar-refractivity contribution in [3.05, 3.63) is 27.7 Å². The number of amides is 2. The lowest BCUT2D eigenvalue weighted by molar-refractivity contribution is -0.129. The minimum Gasteiger partial charge on any atom is -0.367 e. The zero-order valence-corrected chi connectivity index (χ0v) is 14.8. The minimum atomic E-state index is -0.519. The van der Waals surface area contributed by atoms with Crippen molar-refractivity contribution in [1.29, 1.82) is 0 Å². The van der Waals surface area contributed by atoms with E-state index in [1.807, 2.05) is 0 Å². The van der Waals surface area contributed by atoms with E-state index in [4.69, 9.17) is 33.7 Å². The molecule has 0 bridgehead atoms. The number of fused-ring (bicyclic) bond motifs is 1. The lowest BCUT2D eigenvalue weighted by atomic mass is 10.0. The fraction of sp³-hybridized carbons (Fsp3) is 0.529. The Bertz CT molecular complexity index is 665. The molecule has 0 radical (unpaired) electrons. The summed E-state index contributed by atoms with van der Waals surface area (Å²) < 4.78 is 5.58. The van der Waals surface area contributed by atoms with E-state index in [1.54, 1.807) is 17.0 Å². The van der Waals surface area contributed by atoms with Gasteiger partial charge in [-0.2, -0.15) is 0 Å². The summed E-state index contributed by atoms with van der Waals surface area (Å²) in [5.41, 5.74) is 6.93. The lowest BCUT2D eigenvalue weighted by Crippen LogP contribution is -2.36. The van der Waals surface area contributed by atoms with Crippen LogP contribution in [0.15, 0.2) is 12.1 Å². The van der Waals surface area contributed by atoms with Crippen LogP contribution in [-0.4, -0.2) is 30.6 Å². The standard InChI is InChI=1S/C17H20Cl2N2O3/c18-12-5-6-13(19)16-11(12)2-1-9-21(16)15(22)8-4-10-3-7-14(24-10)17(20)23/h5-6,10,14H,1-4,7-9H2,(H2,20,23)/t10-,14+/m1/s1. The van der Waals surface area contributed by atoms with E-state index < -0.39 is 12.0 Å². The third kappa shape index (κ3) is 3.53. The second-order valence-electron chi connectivity index (χ2n) is 6.27. The molecule has 1 fully saturated rings. The molecule has 24 heavy (non-hydrogen) atoms. The van der Waals surface area contributed by atoms with Crippen LogP contribution in [0.2, 0.25) is 10.0 Å². The molecule has 1 saturated heterocycles. The number of ether oxygens (including phenoxy) is 1. The van der Waals surface area contributed by atoms with Gasteiger partial charge >= 0.3 is 0 Å². The maximum absolute atomic E-state index is 12.7. The van der Waals surface area contributed by atoms with Crippen LogP contribution in [-0.2, 0) is 20.7 Å². The quantitative estimate of drug-likeness (QED) is 0.884. The lowest BCUT2D eigenvalue weighted by Gasteiger charge is -2.31. The smallest absolute Gasteiger partial charge is 0.246 e. The first-order chi connectivity index (χ1) is 11.5. The average molecular weight is 371 g/mol. The number of anilines is 1. The highest BCUT2D eigenvalue weighted by Gasteiger charge is 2.31. The summed E-state index contributed by atoms with van der Waals surface area (Å²) in [5.74, 6) is -0.429. The van der Waals surface area contributed by atoms with Gasteiger partial charge in [0.15, 0.2) is 0 Å². The van der Waals surface area contributed by atoms with Crippen molar-refractivity contribution in [2.24, 2.45) is 5.73 Å². The summed E-state index contributed by atoms with van der Waals surface area (Å²) in [6, 6.07) is 3.50. The van der Waals surface area contributed by atoms with Crippen molar-refractivity contribution < 1.29 is 14.3 Å². The molecule has 2 atom stereocenters. The highest BCUT2D eigenvalue weighted by molar-refractivity contribution is 6.36. The van der Waals surface area contributed by atoms with Gasteiger partial charge in [-0.1, -0.05) is 23.2 Å². The first-order valence-corrected chi connectivity index (χ1v) is 8.95. The van der Waals surface area contributed by atoms with Crippen LogP contribution in [0.25, 0.3) is 0 Å². The first-order valence-electron chi connectivity index (χ1n) is 8.19. The zero-order chi connectivity index (χ0) is 17.3. The third-order valence-corrected chi connectivity index (χ3v) is 5.32. The molecule has 7 heteroatoms. The molecular formula is C17H20Cl2N2O3. The highest BCUT2D eigenvalue weighted by Crippen LogP contribution is 2.39. The maximum Gasteiger partial charge on any atom is 0.246 e. The summed E-state index contributed by atoms with van der Waals surface area (Å²) in [6.45, 7) is 0.640. The van der Waals surface area contributed by atoms with Gasteiger partial charge in [0.1, 0.15) is 6.10 Å². The molecule has 0 aromatic heterocycles. The molecule has 0 saturated carbocycles. The summed E-state index contributed by atoms with van der Waals surface area (Å²) in [6.07, 6.45) is 3.38.